The standard InChI is InChI=1S/C20H34N4O3S/c1-21-20(22-14-9-15-27-18-11-5-4-6-12-18)23-16-17-10-7-8-13-19(17)28(25,26)24(2)3/h7-8,10,13,18H,4-6,9,11-12,14-16H2,1-3H3,(H2,21,22,23). The van der Waals surface area contributed by atoms with E-state index in [1.807, 2.05) is 12.1 Å². The highest BCUT2D eigenvalue weighted by atomic mass is 32.2. The van der Waals surface area contributed by atoms with Crippen molar-refractivity contribution in [1.29, 1.82) is 0 Å². The second kappa shape index (κ2) is 11.4. The molecule has 7 nitrogen and oxygen atoms in total. The minimum Gasteiger partial charge on any atom is -0.378 e. The summed E-state index contributed by atoms with van der Waals surface area (Å²) < 4.78 is 32.1. The number of aliphatic imine (C=N–C) groups is 1. The molecule has 1 aromatic carbocycles. The van der Waals surface area contributed by atoms with Crippen LogP contribution in [0.1, 0.15) is 44.1 Å². The number of hydrogen-bond donors (Lipinski definition) is 2. The van der Waals surface area contributed by atoms with Gasteiger partial charge < -0.3 is 15.4 Å². The van der Waals surface area contributed by atoms with Crippen LogP contribution in [0.4, 0.5) is 0 Å². The molecule has 0 amide bonds. The zero-order chi connectivity index (χ0) is 20.4. The second-order valence-electron chi connectivity index (χ2n) is 7.23. The predicted octanol–water partition coefficient (Wildman–Crippen LogP) is 2.34. The van der Waals surface area contributed by atoms with Gasteiger partial charge in [0.2, 0.25) is 10.0 Å². The SMILES string of the molecule is CN=C(NCCCOC1CCCCC1)NCc1ccccc1S(=O)(=O)N(C)C. The monoisotopic (exact) mass is 410 g/mol. The lowest BCUT2D eigenvalue weighted by Crippen LogP contribution is -2.38. The van der Waals surface area contributed by atoms with E-state index in [9.17, 15) is 8.42 Å². The molecule has 1 fully saturated rings. The molecule has 0 aromatic heterocycles. The summed E-state index contributed by atoms with van der Waals surface area (Å²) in [5.41, 5.74) is 0.708. The highest BCUT2D eigenvalue weighted by Crippen LogP contribution is 2.20. The Morgan fingerprint density at radius 1 is 1.18 bits per heavy atom. The van der Waals surface area contributed by atoms with Crippen LogP contribution in [0.15, 0.2) is 34.2 Å². The number of hydrogen-bond acceptors (Lipinski definition) is 4. The lowest BCUT2D eigenvalue weighted by molar-refractivity contribution is 0.0277. The molecule has 2 N–H and O–H groups in total. The molecule has 0 heterocycles. The maximum atomic E-state index is 12.5. The van der Waals surface area contributed by atoms with Crippen LogP contribution in [0.5, 0.6) is 0 Å². The summed E-state index contributed by atoms with van der Waals surface area (Å²) in [7, 11) is 1.30. The number of guanidine groups is 1. The minimum absolute atomic E-state index is 0.309. The summed E-state index contributed by atoms with van der Waals surface area (Å²) in [5.74, 6) is 0.648. The number of nitrogens with one attached hydrogen (secondary N) is 2. The molecule has 0 spiro atoms. The van der Waals surface area contributed by atoms with Gasteiger partial charge in [0.1, 0.15) is 0 Å². The lowest BCUT2D eigenvalue weighted by atomic mass is 9.98. The van der Waals surface area contributed by atoms with Crippen molar-refractivity contribution < 1.29 is 13.2 Å². The van der Waals surface area contributed by atoms with Gasteiger partial charge in [-0.1, -0.05) is 37.5 Å². The molecule has 8 heteroatoms. The Kier molecular flexibility index (Phi) is 9.21. The van der Waals surface area contributed by atoms with Gasteiger partial charge in [-0.3, -0.25) is 4.99 Å². The van der Waals surface area contributed by atoms with E-state index in [1.54, 1.807) is 19.2 Å². The third-order valence-corrected chi connectivity index (χ3v) is 6.84. The average Bonchev–Trinajstić information content (AvgIpc) is 2.71. The van der Waals surface area contributed by atoms with Crippen LogP contribution in [-0.2, 0) is 21.3 Å². The normalized spacial score (nSPS) is 16.4. The number of rotatable bonds is 9. The van der Waals surface area contributed by atoms with E-state index >= 15 is 0 Å². The van der Waals surface area contributed by atoms with Gasteiger partial charge in [-0.2, -0.15) is 0 Å². The summed E-state index contributed by atoms with van der Waals surface area (Å²) in [6, 6.07) is 7.02. The molecular formula is C20H34N4O3S. The fourth-order valence-corrected chi connectivity index (χ4v) is 4.37. The number of sulfonamides is 1. The Morgan fingerprint density at radius 2 is 1.89 bits per heavy atom. The van der Waals surface area contributed by atoms with E-state index in [4.69, 9.17) is 4.74 Å². The van der Waals surface area contributed by atoms with Crippen molar-refractivity contribution in [3.05, 3.63) is 29.8 Å². The van der Waals surface area contributed by atoms with Gasteiger partial charge in [0.25, 0.3) is 0 Å². The highest BCUT2D eigenvalue weighted by Gasteiger charge is 2.20. The van der Waals surface area contributed by atoms with Crippen LogP contribution in [0.3, 0.4) is 0 Å². The first-order valence-corrected chi connectivity index (χ1v) is 11.5. The third kappa shape index (κ3) is 6.76. The molecule has 0 radical (unpaired) electrons. The van der Waals surface area contributed by atoms with E-state index < -0.39 is 10.0 Å². The Bertz CT molecular complexity index is 729. The lowest BCUT2D eigenvalue weighted by Gasteiger charge is -2.22. The van der Waals surface area contributed by atoms with E-state index in [0.29, 0.717) is 29.1 Å². The van der Waals surface area contributed by atoms with Gasteiger partial charge in [0, 0.05) is 40.8 Å². The topological polar surface area (TPSA) is 83.0 Å². The molecule has 1 aliphatic rings. The largest absolute Gasteiger partial charge is 0.378 e. The fourth-order valence-electron chi connectivity index (χ4n) is 3.26. The third-order valence-electron chi connectivity index (χ3n) is 4.92. The molecule has 0 bridgehead atoms. The van der Waals surface area contributed by atoms with Crippen molar-refractivity contribution in [2.45, 2.75) is 56.1 Å². The number of nitrogens with zero attached hydrogens (tertiary/aromatic N) is 2. The molecule has 0 unspecified atom stereocenters. The van der Waals surface area contributed by atoms with Crippen molar-refractivity contribution in [2.75, 3.05) is 34.3 Å². The highest BCUT2D eigenvalue weighted by molar-refractivity contribution is 7.89. The summed E-state index contributed by atoms with van der Waals surface area (Å²) in [6.07, 6.45) is 7.61. The van der Waals surface area contributed by atoms with Crippen molar-refractivity contribution in [2.24, 2.45) is 4.99 Å². The van der Waals surface area contributed by atoms with Gasteiger partial charge in [-0.25, -0.2) is 12.7 Å². The van der Waals surface area contributed by atoms with Crippen LogP contribution < -0.4 is 10.6 Å². The quantitative estimate of drug-likeness (QED) is 0.371. The van der Waals surface area contributed by atoms with E-state index in [2.05, 4.69) is 15.6 Å². The van der Waals surface area contributed by atoms with Crippen LogP contribution in [0.2, 0.25) is 0 Å². The number of benzene rings is 1. The Labute approximate surface area is 169 Å². The molecule has 1 saturated carbocycles. The van der Waals surface area contributed by atoms with Gasteiger partial charge in [0.15, 0.2) is 5.96 Å². The summed E-state index contributed by atoms with van der Waals surface area (Å²) in [4.78, 5) is 4.52. The van der Waals surface area contributed by atoms with Crippen molar-refractivity contribution in [3.63, 3.8) is 0 Å². The molecule has 0 aliphatic heterocycles. The molecule has 0 atom stereocenters. The van der Waals surface area contributed by atoms with Gasteiger partial charge in [0.05, 0.1) is 11.0 Å². The predicted molar refractivity (Wildman–Crippen MR) is 113 cm³/mol. The van der Waals surface area contributed by atoms with Gasteiger partial charge >= 0.3 is 0 Å². The molecule has 0 saturated heterocycles. The second-order valence-corrected chi connectivity index (χ2v) is 9.35. The van der Waals surface area contributed by atoms with Gasteiger partial charge in [-0.15, -0.1) is 0 Å². The van der Waals surface area contributed by atoms with E-state index in [1.165, 1.54) is 50.5 Å². The number of ether oxygens (including phenoxy) is 1. The fraction of sp³-hybridized carbons (Fsp3) is 0.650. The van der Waals surface area contributed by atoms with Crippen LogP contribution in [0.25, 0.3) is 0 Å². The Balaban J connectivity index is 1.78. The van der Waals surface area contributed by atoms with Crippen molar-refractivity contribution in [1.82, 2.24) is 14.9 Å². The smallest absolute Gasteiger partial charge is 0.242 e. The van der Waals surface area contributed by atoms with E-state index in [0.717, 1.165) is 19.6 Å². The van der Waals surface area contributed by atoms with E-state index in [-0.39, 0.29) is 0 Å². The van der Waals surface area contributed by atoms with Crippen molar-refractivity contribution in [3.8, 4) is 0 Å². The first-order valence-electron chi connectivity index (χ1n) is 10.0. The molecule has 2 rings (SSSR count). The summed E-state index contributed by atoms with van der Waals surface area (Å²) in [6.45, 7) is 1.88. The summed E-state index contributed by atoms with van der Waals surface area (Å²) >= 11 is 0. The molecule has 28 heavy (non-hydrogen) atoms. The Morgan fingerprint density at radius 3 is 2.57 bits per heavy atom. The van der Waals surface area contributed by atoms with Gasteiger partial charge in [-0.05, 0) is 30.9 Å². The maximum Gasteiger partial charge on any atom is 0.242 e. The minimum atomic E-state index is -3.48. The first kappa shape index (κ1) is 22.6. The molecule has 1 aromatic rings. The van der Waals surface area contributed by atoms with Crippen molar-refractivity contribution >= 4 is 16.0 Å². The summed E-state index contributed by atoms with van der Waals surface area (Å²) in [5, 5.41) is 6.45. The first-order chi connectivity index (χ1) is 13.4. The maximum absolute atomic E-state index is 12.5. The Hall–Kier alpha value is -1.64. The average molecular weight is 411 g/mol. The van der Waals surface area contributed by atoms with Crippen LogP contribution in [0, 0.1) is 0 Å². The van der Waals surface area contributed by atoms with Crippen LogP contribution in [-0.4, -0.2) is 59.1 Å². The molecule has 1 aliphatic carbocycles. The molecular weight excluding hydrogens is 376 g/mol. The molecule has 158 valence electrons. The zero-order valence-electron chi connectivity index (χ0n) is 17.3. The zero-order valence-corrected chi connectivity index (χ0v) is 18.1. The van der Waals surface area contributed by atoms with Crippen LogP contribution >= 0.6 is 0 Å².